The first-order valence-electron chi connectivity index (χ1n) is 10.8. The zero-order valence-corrected chi connectivity index (χ0v) is 18.0. The Balaban J connectivity index is 1.27. The fraction of sp³-hybridized carbons (Fsp3) is 0. The van der Waals surface area contributed by atoms with Gasteiger partial charge in [-0.25, -0.2) is 0 Å². The summed E-state index contributed by atoms with van der Waals surface area (Å²) in [5, 5.41) is 8.47. The molecule has 0 unspecified atom stereocenters. The first-order valence-corrected chi connectivity index (χ1v) is 10.8. The maximum absolute atomic E-state index is 5.94. The molecule has 1 heterocycles. The maximum atomic E-state index is 5.94. The third kappa shape index (κ3) is 5.23. The van der Waals surface area contributed by atoms with Crippen LogP contribution in [0.25, 0.3) is 47.2 Å². The molecule has 0 aliphatic heterocycles. The first-order chi connectivity index (χ1) is 16.3. The quantitative estimate of drug-likeness (QED) is 0.261. The van der Waals surface area contributed by atoms with Crippen LogP contribution in [0.1, 0.15) is 22.3 Å². The highest BCUT2D eigenvalue weighted by molar-refractivity contribution is 5.72. The number of benzene rings is 4. The standard InChI is InChI=1S/C30H22N2O/c1-3-7-23(8-4-1)11-13-25-15-19-27(20-16-25)29-31-32-30(33-29)28-21-17-26(18-22-28)14-12-24-9-5-2-6-10-24/h1-22H/b13-11+,14-12+. The summed E-state index contributed by atoms with van der Waals surface area (Å²) in [6.45, 7) is 0. The van der Waals surface area contributed by atoms with E-state index in [0.717, 1.165) is 22.3 Å². The van der Waals surface area contributed by atoms with Gasteiger partial charge >= 0.3 is 0 Å². The monoisotopic (exact) mass is 426 g/mol. The summed E-state index contributed by atoms with van der Waals surface area (Å²) in [5.41, 5.74) is 6.36. The molecule has 0 atom stereocenters. The molecule has 0 saturated carbocycles. The molecule has 0 amide bonds. The van der Waals surface area contributed by atoms with E-state index >= 15 is 0 Å². The lowest BCUT2D eigenvalue weighted by atomic mass is 10.1. The summed E-state index contributed by atoms with van der Waals surface area (Å²) in [6, 6.07) is 36.7. The van der Waals surface area contributed by atoms with E-state index in [1.807, 2.05) is 84.9 Å². The van der Waals surface area contributed by atoms with Crippen LogP contribution in [-0.4, -0.2) is 10.2 Å². The molecule has 0 radical (unpaired) electrons. The van der Waals surface area contributed by atoms with Gasteiger partial charge in [-0.2, -0.15) is 0 Å². The van der Waals surface area contributed by atoms with Crippen molar-refractivity contribution in [2.75, 3.05) is 0 Å². The van der Waals surface area contributed by atoms with Gasteiger partial charge in [0.15, 0.2) is 0 Å². The van der Waals surface area contributed by atoms with Crippen LogP contribution >= 0.6 is 0 Å². The maximum Gasteiger partial charge on any atom is 0.248 e. The number of nitrogens with zero attached hydrogens (tertiary/aromatic N) is 2. The molecule has 0 N–H and O–H groups in total. The van der Waals surface area contributed by atoms with Gasteiger partial charge in [-0.3, -0.25) is 0 Å². The van der Waals surface area contributed by atoms with Crippen molar-refractivity contribution in [3.05, 3.63) is 131 Å². The summed E-state index contributed by atoms with van der Waals surface area (Å²) in [4.78, 5) is 0. The summed E-state index contributed by atoms with van der Waals surface area (Å²) in [5.74, 6) is 1.02. The van der Waals surface area contributed by atoms with Crippen molar-refractivity contribution in [1.29, 1.82) is 0 Å². The fourth-order valence-electron chi connectivity index (χ4n) is 3.44. The third-order valence-electron chi connectivity index (χ3n) is 5.28. The van der Waals surface area contributed by atoms with Crippen LogP contribution in [0.2, 0.25) is 0 Å². The lowest BCUT2D eigenvalue weighted by Gasteiger charge is -1.99. The fourth-order valence-corrected chi connectivity index (χ4v) is 3.44. The predicted molar refractivity (Wildman–Crippen MR) is 136 cm³/mol. The van der Waals surface area contributed by atoms with Crippen molar-refractivity contribution in [1.82, 2.24) is 10.2 Å². The van der Waals surface area contributed by atoms with Gasteiger partial charge in [0.2, 0.25) is 11.8 Å². The largest absolute Gasteiger partial charge is 0.416 e. The Morgan fingerprint density at radius 2 is 0.727 bits per heavy atom. The minimum Gasteiger partial charge on any atom is -0.416 e. The average molecular weight is 427 g/mol. The summed E-state index contributed by atoms with van der Waals surface area (Å²) in [6.07, 6.45) is 8.37. The van der Waals surface area contributed by atoms with Crippen molar-refractivity contribution in [3.63, 3.8) is 0 Å². The summed E-state index contributed by atoms with van der Waals surface area (Å²) < 4.78 is 5.94. The highest BCUT2D eigenvalue weighted by Gasteiger charge is 2.10. The Kier molecular flexibility index (Phi) is 6.03. The number of aromatic nitrogens is 2. The van der Waals surface area contributed by atoms with Crippen LogP contribution in [0.15, 0.2) is 114 Å². The Morgan fingerprint density at radius 3 is 1.09 bits per heavy atom. The highest BCUT2D eigenvalue weighted by Crippen LogP contribution is 2.25. The van der Waals surface area contributed by atoms with Crippen LogP contribution < -0.4 is 0 Å². The Morgan fingerprint density at radius 1 is 0.394 bits per heavy atom. The minimum atomic E-state index is 0.511. The van der Waals surface area contributed by atoms with Gasteiger partial charge < -0.3 is 4.42 Å². The van der Waals surface area contributed by atoms with E-state index in [2.05, 4.69) is 58.8 Å². The molecule has 3 heteroatoms. The normalized spacial score (nSPS) is 11.4. The molecule has 5 aromatic rings. The molecule has 0 spiro atoms. The van der Waals surface area contributed by atoms with Crippen LogP contribution in [0.3, 0.4) is 0 Å². The van der Waals surface area contributed by atoms with Gasteiger partial charge in [-0.1, -0.05) is 109 Å². The number of hydrogen-bond donors (Lipinski definition) is 0. The molecule has 3 nitrogen and oxygen atoms in total. The van der Waals surface area contributed by atoms with E-state index in [4.69, 9.17) is 4.42 Å². The number of hydrogen-bond acceptors (Lipinski definition) is 3. The van der Waals surface area contributed by atoms with Gasteiger partial charge in [0, 0.05) is 11.1 Å². The van der Waals surface area contributed by atoms with E-state index < -0.39 is 0 Å². The summed E-state index contributed by atoms with van der Waals surface area (Å²) >= 11 is 0. The second-order valence-electron chi connectivity index (χ2n) is 7.64. The van der Waals surface area contributed by atoms with Crippen LogP contribution in [0, 0.1) is 0 Å². The molecule has 0 aliphatic rings. The van der Waals surface area contributed by atoms with E-state index in [-0.39, 0.29) is 0 Å². The molecule has 0 saturated heterocycles. The van der Waals surface area contributed by atoms with E-state index in [9.17, 15) is 0 Å². The minimum absolute atomic E-state index is 0.511. The summed E-state index contributed by atoms with van der Waals surface area (Å²) in [7, 11) is 0. The van der Waals surface area contributed by atoms with Crippen molar-refractivity contribution in [2.45, 2.75) is 0 Å². The Bertz CT molecular complexity index is 1260. The lowest BCUT2D eigenvalue weighted by molar-refractivity contribution is 0.584. The zero-order valence-electron chi connectivity index (χ0n) is 18.0. The molecule has 0 bridgehead atoms. The Labute approximate surface area is 193 Å². The van der Waals surface area contributed by atoms with Gasteiger partial charge in [0.05, 0.1) is 0 Å². The van der Waals surface area contributed by atoms with Crippen LogP contribution in [0.5, 0.6) is 0 Å². The van der Waals surface area contributed by atoms with E-state index in [0.29, 0.717) is 11.8 Å². The third-order valence-corrected chi connectivity index (χ3v) is 5.28. The number of rotatable bonds is 6. The molecule has 4 aromatic carbocycles. The van der Waals surface area contributed by atoms with Gasteiger partial charge in [0.25, 0.3) is 0 Å². The van der Waals surface area contributed by atoms with Gasteiger partial charge in [0.1, 0.15) is 0 Å². The lowest BCUT2D eigenvalue weighted by Crippen LogP contribution is -1.79. The van der Waals surface area contributed by atoms with Crippen molar-refractivity contribution < 1.29 is 4.42 Å². The first kappa shape index (κ1) is 20.4. The molecule has 0 aliphatic carbocycles. The van der Waals surface area contributed by atoms with Crippen LogP contribution in [-0.2, 0) is 0 Å². The zero-order chi connectivity index (χ0) is 22.3. The van der Waals surface area contributed by atoms with Gasteiger partial charge in [-0.15, -0.1) is 10.2 Å². The second kappa shape index (κ2) is 9.75. The molecule has 33 heavy (non-hydrogen) atoms. The molecule has 158 valence electrons. The Hall–Kier alpha value is -4.50. The SMILES string of the molecule is C(=C\c1ccc(-c2nnc(-c3ccc(/C=C/c4ccccc4)cc3)o2)cc1)/c1ccccc1. The molecular formula is C30H22N2O. The predicted octanol–water partition coefficient (Wildman–Crippen LogP) is 7.74. The molecule has 0 fully saturated rings. The topological polar surface area (TPSA) is 38.9 Å². The van der Waals surface area contributed by atoms with Crippen molar-refractivity contribution >= 4 is 24.3 Å². The van der Waals surface area contributed by atoms with Crippen molar-refractivity contribution in [3.8, 4) is 22.9 Å². The molecule has 1 aromatic heterocycles. The van der Waals surface area contributed by atoms with Crippen LogP contribution in [0.4, 0.5) is 0 Å². The second-order valence-corrected chi connectivity index (χ2v) is 7.64. The van der Waals surface area contributed by atoms with Gasteiger partial charge in [-0.05, 0) is 46.5 Å². The highest BCUT2D eigenvalue weighted by atomic mass is 16.4. The van der Waals surface area contributed by atoms with Crippen molar-refractivity contribution in [2.24, 2.45) is 0 Å². The van der Waals surface area contributed by atoms with E-state index in [1.54, 1.807) is 0 Å². The average Bonchev–Trinajstić information content (AvgIpc) is 3.38. The molecule has 5 rings (SSSR count). The van der Waals surface area contributed by atoms with E-state index in [1.165, 1.54) is 11.1 Å². The smallest absolute Gasteiger partial charge is 0.248 e. The molecular weight excluding hydrogens is 404 g/mol.